The largest absolute Gasteiger partial charge is 0.462 e. The minimum Gasteiger partial charge on any atom is -0.462 e. The number of thiophene rings is 2. The van der Waals surface area contributed by atoms with Crippen molar-refractivity contribution in [2.45, 2.75) is 58.2 Å². The molecule has 0 fully saturated rings. The van der Waals surface area contributed by atoms with Crippen LogP contribution in [-0.2, 0) is 22.4 Å². The van der Waals surface area contributed by atoms with Gasteiger partial charge in [0.15, 0.2) is 11.0 Å². The fourth-order valence-electron chi connectivity index (χ4n) is 3.97. The van der Waals surface area contributed by atoms with Gasteiger partial charge < -0.3 is 10.1 Å². The van der Waals surface area contributed by atoms with Gasteiger partial charge in [-0.05, 0) is 63.0 Å². The highest BCUT2D eigenvalue weighted by atomic mass is 32.2. The molecule has 0 aromatic carbocycles. The van der Waals surface area contributed by atoms with Crippen LogP contribution >= 0.6 is 34.4 Å². The normalized spacial score (nSPS) is 15.5. The maximum Gasteiger partial charge on any atom is 0.341 e. The van der Waals surface area contributed by atoms with Crippen LogP contribution in [0, 0.1) is 5.92 Å². The zero-order valence-electron chi connectivity index (χ0n) is 19.2. The van der Waals surface area contributed by atoms with Crippen LogP contribution in [0.3, 0.4) is 0 Å². The second kappa shape index (κ2) is 10.4. The number of thioether (sulfide) groups is 1. The number of carbonyl (C=O) groups excluding carboxylic acids is 2. The Morgan fingerprint density at radius 3 is 2.88 bits per heavy atom. The van der Waals surface area contributed by atoms with E-state index in [1.165, 1.54) is 28.0 Å². The minimum absolute atomic E-state index is 0.157. The number of amides is 1. The predicted molar refractivity (Wildman–Crippen MR) is 135 cm³/mol. The summed E-state index contributed by atoms with van der Waals surface area (Å²) in [6.07, 6.45) is 2.81. The summed E-state index contributed by atoms with van der Waals surface area (Å²) in [6, 6.07) is 4.16. The molecule has 33 heavy (non-hydrogen) atoms. The molecule has 0 aliphatic heterocycles. The Balaban J connectivity index is 1.51. The molecular weight excluding hydrogens is 476 g/mol. The summed E-state index contributed by atoms with van der Waals surface area (Å²) in [5, 5.41) is 15.0. The van der Waals surface area contributed by atoms with E-state index >= 15 is 0 Å². The van der Waals surface area contributed by atoms with Crippen molar-refractivity contribution >= 4 is 51.3 Å². The van der Waals surface area contributed by atoms with Gasteiger partial charge in [-0.15, -0.1) is 32.9 Å². The molecule has 0 spiro atoms. The number of ether oxygens (including phenoxy) is 1. The number of fused-ring (bicyclic) bond motifs is 1. The number of nitrogens with zero attached hydrogens (tertiary/aromatic N) is 3. The lowest BCUT2D eigenvalue weighted by Gasteiger charge is -2.18. The topological polar surface area (TPSA) is 86.1 Å². The minimum atomic E-state index is -0.354. The number of carbonyl (C=O) groups is 2. The van der Waals surface area contributed by atoms with E-state index in [-0.39, 0.29) is 23.7 Å². The van der Waals surface area contributed by atoms with Crippen LogP contribution in [0.5, 0.6) is 0 Å². The van der Waals surface area contributed by atoms with Gasteiger partial charge in [0.2, 0.25) is 5.91 Å². The zero-order valence-corrected chi connectivity index (χ0v) is 21.7. The van der Waals surface area contributed by atoms with Crippen LogP contribution in [0.4, 0.5) is 5.00 Å². The second-order valence-corrected chi connectivity index (χ2v) is 11.4. The van der Waals surface area contributed by atoms with E-state index in [1.54, 1.807) is 18.3 Å². The van der Waals surface area contributed by atoms with E-state index in [4.69, 9.17) is 4.74 Å². The summed E-state index contributed by atoms with van der Waals surface area (Å²) in [4.78, 5) is 27.8. The first-order valence-electron chi connectivity index (χ1n) is 11.1. The third-order valence-corrected chi connectivity index (χ3v) is 8.48. The molecule has 1 aliphatic rings. The molecule has 10 heteroatoms. The molecule has 1 amide bonds. The number of aromatic nitrogens is 3. The Hall–Kier alpha value is -2.17. The highest BCUT2D eigenvalue weighted by Gasteiger charge is 2.29. The smallest absolute Gasteiger partial charge is 0.341 e. The van der Waals surface area contributed by atoms with E-state index in [9.17, 15) is 9.59 Å². The molecule has 176 valence electrons. The lowest BCUT2D eigenvalue weighted by Crippen LogP contribution is -2.18. The summed E-state index contributed by atoms with van der Waals surface area (Å²) >= 11 is 4.47. The van der Waals surface area contributed by atoms with Crippen molar-refractivity contribution in [3.05, 3.63) is 33.5 Å². The average molecular weight is 505 g/mol. The van der Waals surface area contributed by atoms with Crippen molar-refractivity contribution in [2.24, 2.45) is 5.92 Å². The molecule has 0 saturated heterocycles. The van der Waals surface area contributed by atoms with Crippen molar-refractivity contribution in [2.75, 3.05) is 17.7 Å². The van der Waals surface area contributed by atoms with E-state index in [0.717, 1.165) is 35.5 Å². The van der Waals surface area contributed by atoms with Gasteiger partial charge in [0.05, 0.1) is 22.8 Å². The van der Waals surface area contributed by atoms with Crippen molar-refractivity contribution in [3.63, 3.8) is 0 Å². The maximum absolute atomic E-state index is 12.9. The molecule has 1 unspecified atom stereocenters. The molecular formula is C23H28N4O3S3. The van der Waals surface area contributed by atoms with Crippen LogP contribution in [0.25, 0.3) is 10.7 Å². The van der Waals surface area contributed by atoms with E-state index in [0.29, 0.717) is 28.2 Å². The Labute approximate surface area is 206 Å². The lowest BCUT2D eigenvalue weighted by atomic mass is 9.88. The predicted octanol–water partition coefficient (Wildman–Crippen LogP) is 5.68. The zero-order chi connectivity index (χ0) is 23.5. The molecule has 1 aliphatic carbocycles. The summed E-state index contributed by atoms with van der Waals surface area (Å²) in [6.45, 7) is 8.47. The second-order valence-electron chi connectivity index (χ2n) is 8.36. The van der Waals surface area contributed by atoms with Crippen LogP contribution in [0.1, 0.15) is 61.0 Å². The van der Waals surface area contributed by atoms with Crippen molar-refractivity contribution in [1.29, 1.82) is 0 Å². The summed E-state index contributed by atoms with van der Waals surface area (Å²) in [5.41, 5.74) is 1.58. The highest BCUT2D eigenvalue weighted by molar-refractivity contribution is 7.99. The van der Waals surface area contributed by atoms with Gasteiger partial charge in [0, 0.05) is 10.9 Å². The SMILES string of the molecule is CCOC(=O)c1c(NC(=O)CSc2nnc(-c3cccs3)n2C(C)C)sc2c1CCC(C)C2. The first-order valence-corrected chi connectivity index (χ1v) is 13.8. The summed E-state index contributed by atoms with van der Waals surface area (Å²) < 4.78 is 7.36. The molecule has 7 nitrogen and oxygen atoms in total. The first kappa shape index (κ1) is 24.0. The van der Waals surface area contributed by atoms with Crippen LogP contribution in [0.2, 0.25) is 0 Å². The Morgan fingerprint density at radius 2 is 2.18 bits per heavy atom. The third kappa shape index (κ3) is 5.17. The number of nitrogens with one attached hydrogen (secondary N) is 1. The maximum atomic E-state index is 12.9. The third-order valence-electron chi connectivity index (χ3n) is 5.50. The van der Waals surface area contributed by atoms with Crippen LogP contribution in [0.15, 0.2) is 22.7 Å². The Kier molecular flexibility index (Phi) is 7.55. The van der Waals surface area contributed by atoms with E-state index in [2.05, 4.69) is 40.9 Å². The molecule has 3 aromatic rings. The summed E-state index contributed by atoms with van der Waals surface area (Å²) in [5.74, 6) is 1.04. The molecule has 1 atom stereocenters. The number of esters is 1. The molecule has 0 saturated carbocycles. The van der Waals surface area contributed by atoms with Gasteiger partial charge in [-0.2, -0.15) is 0 Å². The van der Waals surface area contributed by atoms with Crippen LogP contribution < -0.4 is 5.32 Å². The van der Waals surface area contributed by atoms with Gasteiger partial charge in [0.25, 0.3) is 0 Å². The molecule has 1 N–H and O–H groups in total. The van der Waals surface area contributed by atoms with Gasteiger partial charge in [-0.3, -0.25) is 9.36 Å². The van der Waals surface area contributed by atoms with Gasteiger partial charge in [0.1, 0.15) is 5.00 Å². The van der Waals surface area contributed by atoms with Crippen molar-refractivity contribution in [1.82, 2.24) is 14.8 Å². The fraction of sp³-hybridized carbons (Fsp3) is 0.478. The van der Waals surface area contributed by atoms with Gasteiger partial charge >= 0.3 is 5.97 Å². The number of anilines is 1. The average Bonchev–Trinajstić information content (AvgIpc) is 3.49. The molecule has 3 aromatic heterocycles. The molecule has 4 rings (SSSR count). The quantitative estimate of drug-likeness (QED) is 0.314. The summed E-state index contributed by atoms with van der Waals surface area (Å²) in [7, 11) is 0. The fourth-order valence-corrected chi connectivity index (χ4v) is 6.95. The Bertz CT molecular complexity index is 1130. The highest BCUT2D eigenvalue weighted by Crippen LogP contribution is 2.40. The van der Waals surface area contributed by atoms with E-state index < -0.39 is 0 Å². The lowest BCUT2D eigenvalue weighted by molar-refractivity contribution is -0.113. The number of hydrogen-bond donors (Lipinski definition) is 1. The van der Waals surface area contributed by atoms with Crippen molar-refractivity contribution in [3.8, 4) is 10.7 Å². The van der Waals surface area contributed by atoms with Crippen LogP contribution in [-0.4, -0.2) is 39.0 Å². The van der Waals surface area contributed by atoms with Gasteiger partial charge in [-0.1, -0.05) is 24.8 Å². The molecule has 0 bridgehead atoms. The Morgan fingerprint density at radius 1 is 1.36 bits per heavy atom. The molecule has 0 radical (unpaired) electrons. The first-order chi connectivity index (χ1) is 15.9. The monoisotopic (exact) mass is 504 g/mol. The molecule has 3 heterocycles. The van der Waals surface area contributed by atoms with Gasteiger partial charge in [-0.25, -0.2) is 4.79 Å². The van der Waals surface area contributed by atoms with E-state index in [1.807, 2.05) is 17.5 Å². The van der Waals surface area contributed by atoms with Crippen molar-refractivity contribution < 1.29 is 14.3 Å². The number of hydrogen-bond acceptors (Lipinski definition) is 8. The standard InChI is InChI=1S/C23H28N4O3S3/c1-5-30-22(29)19-15-9-8-14(4)11-17(15)33-21(19)24-18(28)12-32-23-26-25-20(27(23)13(2)3)16-7-6-10-31-16/h6-7,10,13-14H,5,8-9,11-12H2,1-4H3,(H,24,28). The number of rotatable bonds is 8.